The summed E-state index contributed by atoms with van der Waals surface area (Å²) < 4.78 is 11.7. The minimum atomic E-state index is -4.19. The van der Waals surface area contributed by atoms with Crippen LogP contribution in [-0.2, 0) is 9.72 Å². The Morgan fingerprint density at radius 1 is 1.19 bits per heavy atom. The van der Waals surface area contributed by atoms with Gasteiger partial charge in [-0.1, -0.05) is 37.6 Å². The first kappa shape index (κ1) is 13.7. The summed E-state index contributed by atoms with van der Waals surface area (Å²) in [6.45, 7) is 3.58. The molecule has 0 bridgehead atoms. The summed E-state index contributed by atoms with van der Waals surface area (Å²) >= 11 is 5.77. The normalized spacial score (nSPS) is 12.8. The van der Waals surface area contributed by atoms with E-state index in [9.17, 15) is 14.4 Å². The van der Waals surface area contributed by atoms with Crippen molar-refractivity contribution in [1.82, 2.24) is 0 Å². The molecule has 1 aromatic rings. The van der Waals surface area contributed by atoms with Crippen LogP contribution in [-0.4, -0.2) is 9.79 Å². The summed E-state index contributed by atoms with van der Waals surface area (Å²) in [5.74, 6) is 0. The number of halogens is 1. The first-order chi connectivity index (χ1) is 7.37. The lowest BCUT2D eigenvalue weighted by atomic mass is 9.93. The van der Waals surface area contributed by atoms with E-state index in [0.717, 1.165) is 0 Å². The first-order valence-electron chi connectivity index (χ1n) is 5.19. The van der Waals surface area contributed by atoms with Gasteiger partial charge in [-0.2, -0.15) is 0 Å². The molecule has 0 unspecified atom stereocenters. The second-order valence-electron chi connectivity index (χ2n) is 3.79. The molecule has 5 heteroatoms. The molecule has 16 heavy (non-hydrogen) atoms. The van der Waals surface area contributed by atoms with Gasteiger partial charge in [-0.3, -0.25) is 4.57 Å². The number of benzene rings is 1. The van der Waals surface area contributed by atoms with Gasteiger partial charge in [0.2, 0.25) is 0 Å². The molecule has 1 rings (SSSR count). The van der Waals surface area contributed by atoms with E-state index in [1.807, 2.05) is 0 Å². The van der Waals surface area contributed by atoms with E-state index in [0.29, 0.717) is 23.4 Å². The van der Waals surface area contributed by atoms with Gasteiger partial charge >= 0.3 is 7.60 Å². The fourth-order valence-electron chi connectivity index (χ4n) is 2.00. The van der Waals surface area contributed by atoms with Crippen LogP contribution in [0.3, 0.4) is 0 Å². The number of hydrogen-bond donors (Lipinski definition) is 2. The Bertz CT molecular complexity index is 392. The van der Waals surface area contributed by atoms with E-state index < -0.39 is 12.8 Å². The van der Waals surface area contributed by atoms with Crippen molar-refractivity contribution in [3.63, 3.8) is 0 Å². The van der Waals surface area contributed by atoms with E-state index in [1.54, 1.807) is 38.1 Å². The van der Waals surface area contributed by atoms with Gasteiger partial charge in [-0.25, -0.2) is 0 Å². The maximum atomic E-state index is 11.7. The summed E-state index contributed by atoms with van der Waals surface area (Å²) in [6.07, 6.45) is 0.796. The Morgan fingerprint density at radius 3 is 1.94 bits per heavy atom. The van der Waals surface area contributed by atoms with Crippen LogP contribution in [0.5, 0.6) is 0 Å². The first-order valence-corrected chi connectivity index (χ1v) is 7.18. The largest absolute Gasteiger partial charge is 0.335 e. The van der Waals surface area contributed by atoms with Gasteiger partial charge in [-0.15, -0.1) is 0 Å². The van der Waals surface area contributed by atoms with Crippen molar-refractivity contribution in [3.05, 3.63) is 34.9 Å². The fraction of sp³-hybridized carbons (Fsp3) is 0.455. The third-order valence-corrected chi connectivity index (χ3v) is 5.37. The van der Waals surface area contributed by atoms with Gasteiger partial charge in [0.05, 0.1) is 5.16 Å². The molecule has 0 spiro atoms. The van der Waals surface area contributed by atoms with Gasteiger partial charge in [0.1, 0.15) is 0 Å². The lowest BCUT2D eigenvalue weighted by molar-refractivity contribution is 0.315. The van der Waals surface area contributed by atoms with E-state index in [-0.39, 0.29) is 0 Å². The molecule has 3 nitrogen and oxygen atoms in total. The van der Waals surface area contributed by atoms with E-state index in [4.69, 9.17) is 11.6 Å². The molecule has 1 aromatic carbocycles. The van der Waals surface area contributed by atoms with Gasteiger partial charge in [0.25, 0.3) is 0 Å². The molecule has 0 saturated heterocycles. The SMILES string of the molecule is CCC(CC)(c1ccc(Cl)cc1)P(=O)(O)O. The lowest BCUT2D eigenvalue weighted by Gasteiger charge is -2.32. The van der Waals surface area contributed by atoms with Gasteiger partial charge in [-0.05, 0) is 30.5 Å². The summed E-state index contributed by atoms with van der Waals surface area (Å²) in [4.78, 5) is 19.1. The zero-order chi connectivity index (χ0) is 12.4. The Kier molecular flexibility index (Phi) is 4.19. The number of hydrogen-bond acceptors (Lipinski definition) is 1. The molecule has 0 heterocycles. The molecule has 90 valence electrons. The summed E-state index contributed by atoms with van der Waals surface area (Å²) in [6, 6.07) is 6.70. The Morgan fingerprint density at radius 2 is 1.62 bits per heavy atom. The van der Waals surface area contributed by atoms with Crippen LogP contribution in [0.2, 0.25) is 5.02 Å². The highest BCUT2D eigenvalue weighted by molar-refractivity contribution is 7.53. The van der Waals surface area contributed by atoms with E-state index >= 15 is 0 Å². The molecule has 0 radical (unpaired) electrons. The molecule has 0 aliphatic carbocycles. The second-order valence-corrected chi connectivity index (χ2v) is 6.17. The van der Waals surface area contributed by atoms with Crippen molar-refractivity contribution in [2.75, 3.05) is 0 Å². The van der Waals surface area contributed by atoms with Gasteiger partial charge in [0.15, 0.2) is 0 Å². The van der Waals surface area contributed by atoms with Crippen molar-refractivity contribution in [2.45, 2.75) is 31.8 Å². The van der Waals surface area contributed by atoms with E-state index in [2.05, 4.69) is 0 Å². The second kappa shape index (κ2) is 4.89. The topological polar surface area (TPSA) is 57.5 Å². The fourth-order valence-corrected chi connectivity index (χ4v) is 3.43. The van der Waals surface area contributed by atoms with Crippen LogP contribution in [0.4, 0.5) is 0 Å². The smallest absolute Gasteiger partial charge is 0.324 e. The standard InChI is InChI=1S/C11H16ClO3P/c1-3-11(4-2,16(13,14)15)9-5-7-10(12)8-6-9/h5-8H,3-4H2,1-2H3,(H2,13,14,15). The minimum Gasteiger partial charge on any atom is -0.324 e. The molecular weight excluding hydrogens is 247 g/mol. The highest BCUT2D eigenvalue weighted by Crippen LogP contribution is 2.60. The maximum Gasteiger partial charge on any atom is 0.335 e. The average molecular weight is 263 g/mol. The monoisotopic (exact) mass is 262 g/mol. The van der Waals surface area contributed by atoms with Gasteiger partial charge in [0, 0.05) is 5.02 Å². The van der Waals surface area contributed by atoms with Crippen molar-refractivity contribution in [3.8, 4) is 0 Å². The van der Waals surface area contributed by atoms with Crippen LogP contribution < -0.4 is 0 Å². The summed E-state index contributed by atoms with van der Waals surface area (Å²) in [7, 11) is -4.19. The van der Waals surface area contributed by atoms with Crippen LogP contribution in [0, 0.1) is 0 Å². The maximum absolute atomic E-state index is 11.7. The predicted octanol–water partition coefficient (Wildman–Crippen LogP) is 3.53. The minimum absolute atomic E-state index is 0.398. The van der Waals surface area contributed by atoms with Crippen molar-refractivity contribution in [1.29, 1.82) is 0 Å². The van der Waals surface area contributed by atoms with E-state index in [1.165, 1.54) is 0 Å². The Balaban J connectivity index is 3.32. The Hall–Kier alpha value is -0.340. The van der Waals surface area contributed by atoms with Crippen molar-refractivity contribution >= 4 is 19.2 Å². The molecule has 2 N–H and O–H groups in total. The van der Waals surface area contributed by atoms with Crippen molar-refractivity contribution < 1.29 is 14.4 Å². The van der Waals surface area contributed by atoms with Crippen LogP contribution in [0.25, 0.3) is 0 Å². The summed E-state index contributed by atoms with van der Waals surface area (Å²) in [5, 5.41) is -0.520. The molecule has 0 amide bonds. The quantitative estimate of drug-likeness (QED) is 0.816. The molecule has 0 aliphatic rings. The zero-order valence-electron chi connectivity index (χ0n) is 9.35. The van der Waals surface area contributed by atoms with Crippen molar-refractivity contribution in [2.24, 2.45) is 0 Å². The Labute approximate surface area is 101 Å². The highest BCUT2D eigenvalue weighted by atomic mass is 35.5. The average Bonchev–Trinajstić information content (AvgIpc) is 2.21. The predicted molar refractivity (Wildman–Crippen MR) is 65.8 cm³/mol. The third kappa shape index (κ3) is 2.33. The van der Waals surface area contributed by atoms with Crippen LogP contribution in [0.1, 0.15) is 32.3 Å². The van der Waals surface area contributed by atoms with Gasteiger partial charge < -0.3 is 9.79 Å². The zero-order valence-corrected chi connectivity index (χ0v) is 11.0. The molecule has 0 saturated carbocycles. The highest BCUT2D eigenvalue weighted by Gasteiger charge is 2.45. The molecule has 0 aliphatic heterocycles. The summed E-state index contributed by atoms with van der Waals surface area (Å²) in [5.41, 5.74) is 0.648. The molecular formula is C11H16ClO3P. The number of rotatable bonds is 4. The molecule has 0 aromatic heterocycles. The third-order valence-electron chi connectivity index (χ3n) is 3.11. The lowest BCUT2D eigenvalue weighted by Crippen LogP contribution is -2.24. The van der Waals surface area contributed by atoms with Crippen LogP contribution in [0.15, 0.2) is 24.3 Å². The van der Waals surface area contributed by atoms with Crippen LogP contribution >= 0.6 is 19.2 Å². The molecule has 0 fully saturated rings. The molecule has 0 atom stereocenters.